The number of hydrogen-bond acceptors (Lipinski definition) is 3. The van der Waals surface area contributed by atoms with Crippen LogP contribution < -0.4 is 9.47 Å². The third kappa shape index (κ3) is 2.70. The molecule has 0 bridgehead atoms. The van der Waals surface area contributed by atoms with Gasteiger partial charge in [-0.2, -0.15) is 0 Å². The van der Waals surface area contributed by atoms with Gasteiger partial charge in [-0.15, -0.1) is 0 Å². The van der Waals surface area contributed by atoms with Crippen LogP contribution in [0.2, 0.25) is 0 Å². The third-order valence-corrected chi connectivity index (χ3v) is 3.58. The second-order valence-electron chi connectivity index (χ2n) is 4.88. The SMILES string of the molecule is COc1ccccc1C(=O)N1CCOc2ccccc2C1. The minimum Gasteiger partial charge on any atom is -0.496 e. The number of carbonyl (C=O) groups is 1. The first-order valence-electron chi connectivity index (χ1n) is 6.92. The summed E-state index contributed by atoms with van der Waals surface area (Å²) in [6, 6.07) is 15.1. The molecule has 0 aromatic heterocycles. The third-order valence-electron chi connectivity index (χ3n) is 3.58. The number of rotatable bonds is 2. The summed E-state index contributed by atoms with van der Waals surface area (Å²) >= 11 is 0. The van der Waals surface area contributed by atoms with Crippen molar-refractivity contribution in [3.63, 3.8) is 0 Å². The van der Waals surface area contributed by atoms with Crippen molar-refractivity contribution in [2.45, 2.75) is 6.54 Å². The average molecular weight is 283 g/mol. The van der Waals surface area contributed by atoms with Crippen LogP contribution in [0.4, 0.5) is 0 Å². The van der Waals surface area contributed by atoms with Crippen molar-refractivity contribution in [2.75, 3.05) is 20.3 Å². The first kappa shape index (κ1) is 13.5. The van der Waals surface area contributed by atoms with Crippen LogP contribution in [0, 0.1) is 0 Å². The Morgan fingerprint density at radius 3 is 2.76 bits per heavy atom. The molecule has 0 saturated carbocycles. The molecule has 0 radical (unpaired) electrons. The van der Waals surface area contributed by atoms with Gasteiger partial charge in [0.25, 0.3) is 5.91 Å². The van der Waals surface area contributed by atoms with Crippen molar-refractivity contribution in [3.05, 3.63) is 59.7 Å². The van der Waals surface area contributed by atoms with Gasteiger partial charge in [0, 0.05) is 12.1 Å². The lowest BCUT2D eigenvalue weighted by Crippen LogP contribution is -2.32. The Morgan fingerprint density at radius 1 is 1.14 bits per heavy atom. The second-order valence-corrected chi connectivity index (χ2v) is 4.88. The highest BCUT2D eigenvalue weighted by atomic mass is 16.5. The van der Waals surface area contributed by atoms with E-state index in [1.54, 1.807) is 24.1 Å². The van der Waals surface area contributed by atoms with Gasteiger partial charge in [-0.25, -0.2) is 0 Å². The van der Waals surface area contributed by atoms with Crippen molar-refractivity contribution in [3.8, 4) is 11.5 Å². The number of benzene rings is 2. The Morgan fingerprint density at radius 2 is 1.90 bits per heavy atom. The number of carbonyl (C=O) groups excluding carboxylic acids is 1. The number of amides is 1. The molecule has 1 aliphatic rings. The maximum atomic E-state index is 12.7. The summed E-state index contributed by atoms with van der Waals surface area (Å²) in [6.45, 7) is 1.61. The van der Waals surface area contributed by atoms with E-state index >= 15 is 0 Å². The molecule has 1 aliphatic heterocycles. The normalized spacial score (nSPS) is 13.9. The standard InChI is InChI=1S/C17H17NO3/c1-20-16-9-5-3-7-14(16)17(19)18-10-11-21-15-8-4-2-6-13(15)12-18/h2-9H,10-12H2,1H3. The maximum absolute atomic E-state index is 12.7. The molecular weight excluding hydrogens is 266 g/mol. The predicted molar refractivity (Wildman–Crippen MR) is 79.7 cm³/mol. The zero-order valence-electron chi connectivity index (χ0n) is 11.9. The van der Waals surface area contributed by atoms with Crippen molar-refractivity contribution in [1.82, 2.24) is 4.90 Å². The zero-order valence-corrected chi connectivity index (χ0v) is 11.9. The number of fused-ring (bicyclic) bond motifs is 1. The number of nitrogens with zero attached hydrogens (tertiary/aromatic N) is 1. The van der Waals surface area contributed by atoms with E-state index in [0.717, 1.165) is 11.3 Å². The molecule has 21 heavy (non-hydrogen) atoms. The smallest absolute Gasteiger partial charge is 0.258 e. The van der Waals surface area contributed by atoms with E-state index in [1.165, 1.54) is 0 Å². The van der Waals surface area contributed by atoms with Crippen molar-refractivity contribution < 1.29 is 14.3 Å². The van der Waals surface area contributed by atoms with Crippen LogP contribution in [0.25, 0.3) is 0 Å². The van der Waals surface area contributed by atoms with Crippen LogP contribution in [-0.2, 0) is 6.54 Å². The quantitative estimate of drug-likeness (QED) is 0.850. The molecule has 0 aliphatic carbocycles. The lowest BCUT2D eigenvalue weighted by atomic mass is 10.1. The molecule has 0 atom stereocenters. The number of ether oxygens (including phenoxy) is 2. The van der Waals surface area contributed by atoms with Crippen LogP contribution in [-0.4, -0.2) is 31.1 Å². The molecule has 0 spiro atoms. The molecule has 4 heteroatoms. The van der Waals surface area contributed by atoms with Crippen molar-refractivity contribution >= 4 is 5.91 Å². The van der Waals surface area contributed by atoms with Gasteiger partial charge in [-0.3, -0.25) is 4.79 Å². The molecule has 1 amide bonds. The predicted octanol–water partition coefficient (Wildman–Crippen LogP) is 2.73. The lowest BCUT2D eigenvalue weighted by Gasteiger charge is -2.21. The Hall–Kier alpha value is -2.49. The maximum Gasteiger partial charge on any atom is 0.258 e. The Labute approximate surface area is 123 Å². The fourth-order valence-corrected chi connectivity index (χ4v) is 2.49. The molecule has 2 aromatic carbocycles. The lowest BCUT2D eigenvalue weighted by molar-refractivity contribution is 0.0730. The van der Waals surface area contributed by atoms with Gasteiger partial charge < -0.3 is 14.4 Å². The molecule has 3 rings (SSSR count). The van der Waals surface area contributed by atoms with Gasteiger partial charge in [-0.1, -0.05) is 30.3 Å². The molecule has 4 nitrogen and oxygen atoms in total. The molecule has 1 heterocycles. The summed E-state index contributed by atoms with van der Waals surface area (Å²) in [5.41, 5.74) is 1.61. The van der Waals surface area contributed by atoms with E-state index in [4.69, 9.17) is 9.47 Å². The molecule has 2 aromatic rings. The zero-order chi connectivity index (χ0) is 14.7. The largest absolute Gasteiger partial charge is 0.496 e. The summed E-state index contributed by atoms with van der Waals surface area (Å²) in [4.78, 5) is 14.5. The van der Waals surface area contributed by atoms with Crippen LogP contribution in [0.5, 0.6) is 11.5 Å². The van der Waals surface area contributed by atoms with Crippen LogP contribution >= 0.6 is 0 Å². The summed E-state index contributed by atoms with van der Waals surface area (Å²) in [6.07, 6.45) is 0. The second kappa shape index (κ2) is 5.87. The Balaban J connectivity index is 1.88. The van der Waals surface area contributed by atoms with E-state index < -0.39 is 0 Å². The monoisotopic (exact) mass is 283 g/mol. The molecule has 0 N–H and O–H groups in total. The minimum absolute atomic E-state index is 0.0345. The van der Waals surface area contributed by atoms with Gasteiger partial charge in [0.15, 0.2) is 0 Å². The van der Waals surface area contributed by atoms with E-state index in [9.17, 15) is 4.79 Å². The van der Waals surface area contributed by atoms with Gasteiger partial charge in [-0.05, 0) is 18.2 Å². The van der Waals surface area contributed by atoms with E-state index in [2.05, 4.69) is 0 Å². The molecule has 0 fully saturated rings. The van der Waals surface area contributed by atoms with Gasteiger partial charge >= 0.3 is 0 Å². The highest BCUT2D eigenvalue weighted by molar-refractivity contribution is 5.97. The highest BCUT2D eigenvalue weighted by Gasteiger charge is 2.22. The first-order chi connectivity index (χ1) is 10.3. The summed E-state index contributed by atoms with van der Waals surface area (Å²) in [5, 5.41) is 0. The highest BCUT2D eigenvalue weighted by Crippen LogP contribution is 2.25. The number of hydrogen-bond donors (Lipinski definition) is 0. The van der Waals surface area contributed by atoms with Crippen LogP contribution in [0.1, 0.15) is 15.9 Å². The van der Waals surface area contributed by atoms with E-state index in [-0.39, 0.29) is 5.91 Å². The van der Waals surface area contributed by atoms with Crippen molar-refractivity contribution in [2.24, 2.45) is 0 Å². The first-order valence-corrected chi connectivity index (χ1v) is 6.92. The fraction of sp³-hybridized carbons (Fsp3) is 0.235. The van der Waals surface area contributed by atoms with Gasteiger partial charge in [0.1, 0.15) is 18.1 Å². The summed E-state index contributed by atoms with van der Waals surface area (Å²) < 4.78 is 11.0. The van der Waals surface area contributed by atoms with E-state index in [1.807, 2.05) is 36.4 Å². The van der Waals surface area contributed by atoms with Crippen molar-refractivity contribution in [1.29, 1.82) is 0 Å². The molecule has 108 valence electrons. The molecular formula is C17H17NO3. The summed E-state index contributed by atoms with van der Waals surface area (Å²) in [5.74, 6) is 1.42. The fourth-order valence-electron chi connectivity index (χ4n) is 2.49. The van der Waals surface area contributed by atoms with Crippen LogP contribution in [0.3, 0.4) is 0 Å². The summed E-state index contributed by atoms with van der Waals surface area (Å²) in [7, 11) is 1.58. The van der Waals surface area contributed by atoms with Gasteiger partial charge in [0.2, 0.25) is 0 Å². The number of methoxy groups -OCH3 is 1. The topological polar surface area (TPSA) is 38.8 Å². The number of para-hydroxylation sites is 2. The van der Waals surface area contributed by atoms with Gasteiger partial charge in [0.05, 0.1) is 19.2 Å². The Kier molecular flexibility index (Phi) is 3.77. The van der Waals surface area contributed by atoms with Crippen LogP contribution in [0.15, 0.2) is 48.5 Å². The average Bonchev–Trinajstić information content (AvgIpc) is 2.76. The molecule has 0 saturated heterocycles. The van der Waals surface area contributed by atoms with E-state index in [0.29, 0.717) is 31.0 Å². The minimum atomic E-state index is -0.0345. The Bertz CT molecular complexity index is 654. The molecule has 0 unspecified atom stereocenters.